The van der Waals surface area contributed by atoms with Crippen LogP contribution in [-0.2, 0) is 14.3 Å². The van der Waals surface area contributed by atoms with Gasteiger partial charge in [0.2, 0.25) is 0 Å². The van der Waals surface area contributed by atoms with E-state index in [1.807, 2.05) is 13.8 Å². The molecule has 0 atom stereocenters. The van der Waals surface area contributed by atoms with E-state index in [2.05, 4.69) is 19.6 Å². The van der Waals surface area contributed by atoms with Crippen molar-refractivity contribution in [3.05, 3.63) is 0 Å². The van der Waals surface area contributed by atoms with Crippen LogP contribution in [0.25, 0.3) is 0 Å². The van der Waals surface area contributed by atoms with E-state index >= 15 is 0 Å². The molecule has 0 aliphatic carbocycles. The molecule has 0 heterocycles. The molecule has 0 aromatic carbocycles. The zero-order valence-electron chi connectivity index (χ0n) is 10.6. The molecular weight excluding hydrogens is 208 g/mol. The average Bonchev–Trinajstić information content (AvgIpc) is 2.09. The van der Waals surface area contributed by atoms with E-state index in [0.717, 1.165) is 18.9 Å². The maximum Gasteiger partial charge on any atom is 0.146 e. The van der Waals surface area contributed by atoms with Crippen molar-refractivity contribution >= 4 is 14.4 Å². The van der Waals surface area contributed by atoms with Gasteiger partial charge in [-0.05, 0) is 6.04 Å². The number of hydrogen-bond donors (Lipinski definition) is 0. The summed E-state index contributed by atoms with van der Waals surface area (Å²) in [4.78, 5) is 10.6. The summed E-state index contributed by atoms with van der Waals surface area (Å²) in [6.07, 6.45) is 0.912. The van der Waals surface area contributed by atoms with Gasteiger partial charge < -0.3 is 14.3 Å². The number of carbonyl (C=O) groups is 1. The fourth-order valence-corrected chi connectivity index (χ4v) is 1.59. The molecule has 0 rings (SSSR count). The van der Waals surface area contributed by atoms with Crippen LogP contribution < -0.4 is 0 Å². The number of carbonyl (C=O) groups excluding carboxylic acids is 1. The molecule has 4 heteroatoms. The molecule has 0 amide bonds. The van der Waals surface area contributed by atoms with Crippen molar-refractivity contribution in [2.45, 2.75) is 39.5 Å². The van der Waals surface area contributed by atoms with Gasteiger partial charge >= 0.3 is 0 Å². The highest BCUT2D eigenvalue weighted by molar-refractivity contribution is 6.76. The molecule has 0 aliphatic heterocycles. The molecule has 90 valence electrons. The molecule has 0 spiro atoms. The van der Waals surface area contributed by atoms with Crippen molar-refractivity contribution in [3.63, 3.8) is 0 Å². The molecule has 0 aromatic rings. The number of ether oxygens (including phenoxy) is 2. The largest absolute Gasteiger partial charge is 0.356 e. The minimum absolute atomic E-state index is 0.293. The van der Waals surface area contributed by atoms with Gasteiger partial charge in [-0.2, -0.15) is 0 Å². The smallest absolute Gasteiger partial charge is 0.146 e. The molecule has 0 fully saturated rings. The Morgan fingerprint density at radius 1 is 1.20 bits per heavy atom. The summed E-state index contributed by atoms with van der Waals surface area (Å²) in [6, 6.07) is 1.15. The predicted octanol–water partition coefficient (Wildman–Crippen LogP) is 2.54. The predicted molar refractivity (Wildman–Crippen MR) is 64.8 cm³/mol. The summed E-state index contributed by atoms with van der Waals surface area (Å²) in [7, 11) is -0.998. The Bertz CT molecular complexity index is 185. The molecule has 3 nitrogen and oxygen atoms in total. The molecule has 0 saturated heterocycles. The third kappa shape index (κ3) is 10.1. The first kappa shape index (κ1) is 14.8. The van der Waals surface area contributed by atoms with Crippen molar-refractivity contribution in [1.82, 2.24) is 0 Å². The van der Waals surface area contributed by atoms with Gasteiger partial charge in [0.25, 0.3) is 0 Å². The number of rotatable bonds is 8. The second-order valence-corrected chi connectivity index (χ2v) is 11.4. The topological polar surface area (TPSA) is 35.5 Å². The summed E-state index contributed by atoms with van der Waals surface area (Å²) in [5.41, 5.74) is -0.401. The van der Waals surface area contributed by atoms with Gasteiger partial charge in [0.1, 0.15) is 13.1 Å². The standard InChI is InChI=1S/C11H24O3Si/c1-11(2,8-12)9-14-10-13-6-7-15(3,4)5/h8H,6-7,9-10H2,1-5H3. The Kier molecular flexibility index (Phi) is 6.32. The summed E-state index contributed by atoms with van der Waals surface area (Å²) in [5, 5.41) is 0. The van der Waals surface area contributed by atoms with E-state index in [9.17, 15) is 4.79 Å². The SMILES string of the molecule is CC(C)(C=O)COCOCC[Si](C)(C)C. The van der Waals surface area contributed by atoms with E-state index < -0.39 is 13.5 Å². The zero-order valence-corrected chi connectivity index (χ0v) is 11.6. The summed E-state index contributed by atoms with van der Waals surface area (Å²) in [5.74, 6) is 0. The van der Waals surface area contributed by atoms with Gasteiger partial charge in [-0.25, -0.2) is 0 Å². The van der Waals surface area contributed by atoms with Crippen molar-refractivity contribution in [2.24, 2.45) is 5.41 Å². The van der Waals surface area contributed by atoms with Crippen LogP contribution in [0.3, 0.4) is 0 Å². The first-order chi connectivity index (χ1) is 6.77. The Morgan fingerprint density at radius 3 is 2.27 bits per heavy atom. The minimum Gasteiger partial charge on any atom is -0.356 e. The van der Waals surface area contributed by atoms with Gasteiger partial charge in [0.15, 0.2) is 0 Å². The van der Waals surface area contributed by atoms with Crippen LogP contribution in [0.5, 0.6) is 0 Å². The highest BCUT2D eigenvalue weighted by Crippen LogP contribution is 2.11. The van der Waals surface area contributed by atoms with Crippen molar-refractivity contribution in [2.75, 3.05) is 20.0 Å². The first-order valence-corrected chi connectivity index (χ1v) is 9.09. The molecule has 0 N–H and O–H groups in total. The second-order valence-electron chi connectivity index (χ2n) is 5.79. The highest BCUT2D eigenvalue weighted by Gasteiger charge is 2.16. The lowest BCUT2D eigenvalue weighted by Gasteiger charge is -2.18. The van der Waals surface area contributed by atoms with Crippen LogP contribution in [0, 0.1) is 5.41 Å². The lowest BCUT2D eigenvalue weighted by molar-refractivity contribution is -0.122. The quantitative estimate of drug-likeness (QED) is 0.279. The van der Waals surface area contributed by atoms with E-state index in [1.54, 1.807) is 0 Å². The first-order valence-electron chi connectivity index (χ1n) is 5.39. The van der Waals surface area contributed by atoms with Crippen LogP contribution in [0.4, 0.5) is 0 Å². The van der Waals surface area contributed by atoms with Gasteiger partial charge in [-0.3, -0.25) is 0 Å². The third-order valence-electron chi connectivity index (χ3n) is 1.96. The summed E-state index contributed by atoms with van der Waals surface area (Å²) < 4.78 is 10.6. The maximum atomic E-state index is 10.6. The lowest BCUT2D eigenvalue weighted by Crippen LogP contribution is -2.24. The van der Waals surface area contributed by atoms with E-state index in [1.165, 1.54) is 0 Å². The zero-order chi connectivity index (χ0) is 11.9. The van der Waals surface area contributed by atoms with Crippen molar-refractivity contribution < 1.29 is 14.3 Å². The Hall–Kier alpha value is -0.193. The number of hydrogen-bond acceptors (Lipinski definition) is 3. The molecular formula is C11H24O3Si. The molecule has 0 radical (unpaired) electrons. The Morgan fingerprint density at radius 2 is 1.80 bits per heavy atom. The summed E-state index contributed by atoms with van der Waals surface area (Å²) >= 11 is 0. The van der Waals surface area contributed by atoms with Gasteiger partial charge in [-0.1, -0.05) is 33.5 Å². The molecule has 15 heavy (non-hydrogen) atoms. The number of aldehydes is 1. The minimum atomic E-state index is -0.998. The van der Waals surface area contributed by atoms with Crippen molar-refractivity contribution in [3.8, 4) is 0 Å². The second kappa shape index (κ2) is 6.40. The monoisotopic (exact) mass is 232 g/mol. The third-order valence-corrected chi connectivity index (χ3v) is 3.66. The van der Waals surface area contributed by atoms with Crippen LogP contribution in [-0.4, -0.2) is 34.4 Å². The van der Waals surface area contributed by atoms with E-state index in [4.69, 9.17) is 9.47 Å². The molecule has 0 aliphatic rings. The fourth-order valence-electron chi connectivity index (χ4n) is 0.835. The lowest BCUT2D eigenvalue weighted by atomic mass is 9.98. The van der Waals surface area contributed by atoms with Crippen molar-refractivity contribution in [1.29, 1.82) is 0 Å². The molecule has 0 bridgehead atoms. The Labute approximate surface area is 94.2 Å². The van der Waals surface area contributed by atoms with Crippen LogP contribution in [0.2, 0.25) is 25.7 Å². The van der Waals surface area contributed by atoms with E-state index in [0.29, 0.717) is 13.4 Å². The highest BCUT2D eigenvalue weighted by atomic mass is 28.3. The molecule has 0 aromatic heterocycles. The van der Waals surface area contributed by atoms with Gasteiger partial charge in [0, 0.05) is 20.1 Å². The average molecular weight is 232 g/mol. The van der Waals surface area contributed by atoms with Crippen LogP contribution in [0.15, 0.2) is 0 Å². The van der Waals surface area contributed by atoms with E-state index in [-0.39, 0.29) is 0 Å². The van der Waals surface area contributed by atoms with Crippen LogP contribution in [0.1, 0.15) is 13.8 Å². The van der Waals surface area contributed by atoms with Crippen LogP contribution >= 0.6 is 0 Å². The summed E-state index contributed by atoms with van der Waals surface area (Å²) in [6.45, 7) is 12.1. The Balaban J connectivity index is 3.37. The fraction of sp³-hybridized carbons (Fsp3) is 0.909. The maximum absolute atomic E-state index is 10.6. The van der Waals surface area contributed by atoms with Gasteiger partial charge in [-0.15, -0.1) is 0 Å². The van der Waals surface area contributed by atoms with Gasteiger partial charge in [0.05, 0.1) is 6.61 Å². The molecule has 0 unspecified atom stereocenters. The molecule has 0 saturated carbocycles. The normalized spacial score (nSPS) is 12.9.